The topological polar surface area (TPSA) is 84.9 Å². The highest BCUT2D eigenvalue weighted by atomic mass is 16.6. The van der Waals surface area contributed by atoms with E-state index in [1.54, 1.807) is 19.9 Å². The summed E-state index contributed by atoms with van der Waals surface area (Å²) in [5.74, 6) is 0. The van der Waals surface area contributed by atoms with Crippen molar-refractivity contribution in [3.05, 3.63) is 12.7 Å². The van der Waals surface area contributed by atoms with Crippen molar-refractivity contribution in [1.82, 2.24) is 0 Å². The van der Waals surface area contributed by atoms with Gasteiger partial charge in [-0.2, -0.15) is 0 Å². The van der Waals surface area contributed by atoms with Crippen molar-refractivity contribution in [3.63, 3.8) is 0 Å². The second-order valence-electron chi connectivity index (χ2n) is 4.59. The minimum Gasteiger partial charge on any atom is -0.389 e. The van der Waals surface area contributed by atoms with Gasteiger partial charge < -0.3 is 25.4 Å². The van der Waals surface area contributed by atoms with E-state index in [9.17, 15) is 10.2 Å². The predicted octanol–water partition coefficient (Wildman–Crippen LogP) is -0.584. The third-order valence-corrected chi connectivity index (χ3v) is 2.87. The molecule has 0 aromatic rings. The van der Waals surface area contributed by atoms with Gasteiger partial charge in [-0.3, -0.25) is 0 Å². The van der Waals surface area contributed by atoms with Crippen molar-refractivity contribution >= 4 is 0 Å². The van der Waals surface area contributed by atoms with Crippen molar-refractivity contribution in [2.24, 2.45) is 5.73 Å². The van der Waals surface area contributed by atoms with Gasteiger partial charge in [0.05, 0.1) is 24.9 Å². The SMILES string of the molecule is C=CCOCC1OC(C)(C)C(N)C(O)C1O. The molecule has 4 N–H and O–H groups in total. The lowest BCUT2D eigenvalue weighted by Crippen LogP contribution is -2.66. The number of nitrogens with two attached hydrogens (primary N) is 1. The van der Waals surface area contributed by atoms with E-state index in [4.69, 9.17) is 15.2 Å². The lowest BCUT2D eigenvalue weighted by atomic mass is 9.86. The summed E-state index contributed by atoms with van der Waals surface area (Å²) in [5.41, 5.74) is 5.09. The molecule has 94 valence electrons. The van der Waals surface area contributed by atoms with Crippen molar-refractivity contribution in [1.29, 1.82) is 0 Å². The Kier molecular flexibility index (Phi) is 4.46. The number of ether oxygens (including phenoxy) is 2. The van der Waals surface area contributed by atoms with Crippen LogP contribution >= 0.6 is 0 Å². The van der Waals surface area contributed by atoms with E-state index in [2.05, 4.69) is 6.58 Å². The highest BCUT2D eigenvalue weighted by Gasteiger charge is 2.46. The van der Waals surface area contributed by atoms with Crippen LogP contribution in [0.3, 0.4) is 0 Å². The van der Waals surface area contributed by atoms with Gasteiger partial charge in [0, 0.05) is 0 Å². The molecule has 0 aliphatic carbocycles. The van der Waals surface area contributed by atoms with E-state index in [1.807, 2.05) is 0 Å². The van der Waals surface area contributed by atoms with Gasteiger partial charge in [0.2, 0.25) is 0 Å². The van der Waals surface area contributed by atoms with Crippen LogP contribution in [0.5, 0.6) is 0 Å². The number of aliphatic hydroxyl groups is 2. The van der Waals surface area contributed by atoms with Gasteiger partial charge in [-0.1, -0.05) is 6.08 Å². The monoisotopic (exact) mass is 231 g/mol. The van der Waals surface area contributed by atoms with Crippen LogP contribution in [0.25, 0.3) is 0 Å². The Morgan fingerprint density at radius 1 is 1.44 bits per heavy atom. The molecule has 0 saturated carbocycles. The summed E-state index contributed by atoms with van der Waals surface area (Å²) in [7, 11) is 0. The zero-order valence-corrected chi connectivity index (χ0v) is 9.80. The summed E-state index contributed by atoms with van der Waals surface area (Å²) in [6, 6.07) is -0.613. The molecule has 1 fully saturated rings. The van der Waals surface area contributed by atoms with Crippen molar-refractivity contribution < 1.29 is 19.7 Å². The van der Waals surface area contributed by atoms with E-state index in [-0.39, 0.29) is 6.61 Å². The van der Waals surface area contributed by atoms with E-state index < -0.39 is 30.0 Å². The van der Waals surface area contributed by atoms with Crippen LogP contribution in [0.15, 0.2) is 12.7 Å². The first kappa shape index (κ1) is 13.6. The molecule has 1 saturated heterocycles. The smallest absolute Gasteiger partial charge is 0.110 e. The normalized spacial score (nSPS) is 38.3. The highest BCUT2D eigenvalue weighted by molar-refractivity contribution is 4.99. The van der Waals surface area contributed by atoms with Gasteiger partial charge in [0.25, 0.3) is 0 Å². The maximum atomic E-state index is 9.78. The zero-order valence-electron chi connectivity index (χ0n) is 9.80. The van der Waals surface area contributed by atoms with Crippen molar-refractivity contribution in [2.45, 2.75) is 43.8 Å². The highest BCUT2D eigenvalue weighted by Crippen LogP contribution is 2.28. The van der Waals surface area contributed by atoms with Gasteiger partial charge in [-0.25, -0.2) is 0 Å². The summed E-state index contributed by atoms with van der Waals surface area (Å²) in [4.78, 5) is 0. The minimum atomic E-state index is -1.02. The van der Waals surface area contributed by atoms with Crippen LogP contribution in [0.1, 0.15) is 13.8 Å². The largest absolute Gasteiger partial charge is 0.389 e. The first-order chi connectivity index (χ1) is 7.40. The fraction of sp³-hybridized carbons (Fsp3) is 0.818. The summed E-state index contributed by atoms with van der Waals surface area (Å²) < 4.78 is 10.8. The van der Waals surface area contributed by atoms with Crippen LogP contribution in [0.4, 0.5) is 0 Å². The zero-order chi connectivity index (χ0) is 12.3. The first-order valence-corrected chi connectivity index (χ1v) is 5.38. The van der Waals surface area contributed by atoms with E-state index in [0.717, 1.165) is 0 Å². The lowest BCUT2D eigenvalue weighted by molar-refractivity contribution is -0.224. The molecule has 0 radical (unpaired) electrons. The molecular weight excluding hydrogens is 210 g/mol. The minimum absolute atomic E-state index is 0.209. The summed E-state index contributed by atoms with van der Waals surface area (Å²) in [6.45, 7) is 7.68. The molecule has 0 amide bonds. The van der Waals surface area contributed by atoms with Gasteiger partial charge in [0.15, 0.2) is 0 Å². The molecule has 0 aromatic carbocycles. The maximum Gasteiger partial charge on any atom is 0.110 e. The first-order valence-electron chi connectivity index (χ1n) is 5.38. The number of rotatable bonds is 4. The molecule has 4 atom stereocenters. The fourth-order valence-electron chi connectivity index (χ4n) is 1.78. The van der Waals surface area contributed by atoms with Gasteiger partial charge in [0.1, 0.15) is 18.3 Å². The Morgan fingerprint density at radius 3 is 2.62 bits per heavy atom. The van der Waals surface area contributed by atoms with Gasteiger partial charge >= 0.3 is 0 Å². The Morgan fingerprint density at radius 2 is 2.06 bits per heavy atom. The molecule has 1 aliphatic rings. The van der Waals surface area contributed by atoms with E-state index in [1.165, 1.54) is 0 Å². The second-order valence-corrected chi connectivity index (χ2v) is 4.59. The molecule has 5 nitrogen and oxygen atoms in total. The van der Waals surface area contributed by atoms with Crippen LogP contribution in [0.2, 0.25) is 0 Å². The van der Waals surface area contributed by atoms with Crippen LogP contribution in [-0.4, -0.2) is 53.4 Å². The Bertz CT molecular complexity index is 244. The molecule has 0 bridgehead atoms. The van der Waals surface area contributed by atoms with Crippen LogP contribution in [-0.2, 0) is 9.47 Å². The summed E-state index contributed by atoms with van der Waals surface area (Å²) >= 11 is 0. The summed E-state index contributed by atoms with van der Waals surface area (Å²) in [6.07, 6.45) is -0.971. The predicted molar refractivity (Wildman–Crippen MR) is 60.0 cm³/mol. The molecule has 0 aromatic heterocycles. The molecule has 16 heavy (non-hydrogen) atoms. The molecule has 4 unspecified atom stereocenters. The molecule has 5 heteroatoms. The van der Waals surface area contributed by atoms with E-state index in [0.29, 0.717) is 6.61 Å². The third kappa shape index (κ3) is 2.81. The molecule has 0 spiro atoms. The number of hydrogen-bond acceptors (Lipinski definition) is 5. The lowest BCUT2D eigenvalue weighted by Gasteiger charge is -2.46. The second kappa shape index (κ2) is 5.25. The average molecular weight is 231 g/mol. The third-order valence-electron chi connectivity index (χ3n) is 2.87. The Hall–Kier alpha value is -0.460. The average Bonchev–Trinajstić information content (AvgIpc) is 2.23. The van der Waals surface area contributed by atoms with Gasteiger partial charge in [-0.15, -0.1) is 6.58 Å². The summed E-state index contributed by atoms with van der Waals surface area (Å²) in [5, 5.41) is 19.6. The number of hydrogen-bond donors (Lipinski definition) is 3. The standard InChI is InChI=1S/C11H21NO4/c1-4-5-15-6-7-8(13)9(14)10(12)11(2,3)16-7/h4,7-10,13-14H,1,5-6,12H2,2-3H3. The fourth-order valence-corrected chi connectivity index (χ4v) is 1.78. The van der Waals surface area contributed by atoms with Crippen molar-refractivity contribution in [2.75, 3.05) is 13.2 Å². The molecular formula is C11H21NO4. The van der Waals surface area contributed by atoms with Gasteiger partial charge in [-0.05, 0) is 13.8 Å². The number of aliphatic hydroxyl groups excluding tert-OH is 2. The molecule has 1 rings (SSSR count). The molecule has 1 aliphatic heterocycles. The van der Waals surface area contributed by atoms with E-state index >= 15 is 0 Å². The Labute approximate surface area is 95.8 Å². The maximum absolute atomic E-state index is 9.78. The Balaban J connectivity index is 2.61. The molecule has 1 heterocycles. The van der Waals surface area contributed by atoms with Crippen LogP contribution < -0.4 is 5.73 Å². The van der Waals surface area contributed by atoms with Crippen molar-refractivity contribution in [3.8, 4) is 0 Å². The van der Waals surface area contributed by atoms with Crippen LogP contribution in [0, 0.1) is 0 Å². The quantitative estimate of drug-likeness (QED) is 0.445.